The quantitative estimate of drug-likeness (QED) is 0.816. The first-order chi connectivity index (χ1) is 12.6. The highest BCUT2D eigenvalue weighted by Gasteiger charge is 2.35. The van der Waals surface area contributed by atoms with E-state index in [2.05, 4.69) is 15.4 Å². The first kappa shape index (κ1) is 16.9. The summed E-state index contributed by atoms with van der Waals surface area (Å²) in [5, 5.41) is 14.7. The first-order valence-electron chi connectivity index (χ1n) is 9.11. The number of aromatic nitrogens is 2. The molecule has 26 heavy (non-hydrogen) atoms. The zero-order chi connectivity index (χ0) is 18.3. The number of benzene rings is 1. The number of nitrogens with two attached hydrogens (primary N) is 1. The zero-order valence-corrected chi connectivity index (χ0v) is 15.2. The summed E-state index contributed by atoms with van der Waals surface area (Å²) in [6, 6.07) is 5.26. The molecule has 1 atom stereocenters. The van der Waals surface area contributed by atoms with Gasteiger partial charge in [-0.3, -0.25) is 5.01 Å². The van der Waals surface area contributed by atoms with Crippen molar-refractivity contribution in [2.24, 2.45) is 5.92 Å². The molecule has 1 aliphatic heterocycles. The van der Waals surface area contributed by atoms with Crippen molar-refractivity contribution >= 4 is 11.5 Å². The number of rotatable bonds is 3. The van der Waals surface area contributed by atoms with Gasteiger partial charge < -0.3 is 15.6 Å². The molecule has 2 heterocycles. The van der Waals surface area contributed by atoms with E-state index in [0.717, 1.165) is 12.8 Å². The zero-order valence-electron chi connectivity index (χ0n) is 15.2. The third kappa shape index (κ3) is 2.82. The maximum atomic E-state index is 12.9. The minimum Gasteiger partial charge on any atom is -0.858 e. The van der Waals surface area contributed by atoms with E-state index in [4.69, 9.17) is 10.5 Å². The van der Waals surface area contributed by atoms with E-state index in [-0.39, 0.29) is 11.9 Å². The molecule has 0 radical (unpaired) electrons. The summed E-state index contributed by atoms with van der Waals surface area (Å²) in [6.07, 6.45) is 5.99. The number of methoxy groups -OCH3 is 1. The summed E-state index contributed by atoms with van der Waals surface area (Å²) in [5.41, 5.74) is 11.2. The number of nitrogen functional groups attached to an aromatic ring is 1. The van der Waals surface area contributed by atoms with Gasteiger partial charge >= 0.3 is 0 Å². The van der Waals surface area contributed by atoms with Crippen molar-refractivity contribution in [3.63, 3.8) is 0 Å². The molecule has 7 nitrogen and oxygen atoms in total. The van der Waals surface area contributed by atoms with Crippen molar-refractivity contribution in [2.45, 2.75) is 38.1 Å². The van der Waals surface area contributed by atoms with Gasteiger partial charge in [0.25, 0.3) is 0 Å². The summed E-state index contributed by atoms with van der Waals surface area (Å²) in [6.45, 7) is 0. The van der Waals surface area contributed by atoms with Crippen molar-refractivity contribution in [3.8, 4) is 23.0 Å². The molecular weight excluding hydrogens is 330 g/mol. The lowest BCUT2D eigenvalue weighted by Gasteiger charge is -2.29. The standard InChI is InChI=1S/C19H25N5O2/c1-24-18-15(16(23-24)11-6-4-3-5-7-11)19(25)22-17(21-18)13-9-8-12(20)10-14(13)26-2/h8-11,16,23H,3-7,20H2,1-2H3,(H,21,22,25)/p-1. The van der Waals surface area contributed by atoms with Crippen molar-refractivity contribution in [2.75, 3.05) is 24.9 Å². The van der Waals surface area contributed by atoms with Crippen LogP contribution in [0.5, 0.6) is 11.6 Å². The van der Waals surface area contributed by atoms with Crippen molar-refractivity contribution in [3.05, 3.63) is 23.8 Å². The van der Waals surface area contributed by atoms with E-state index < -0.39 is 0 Å². The number of fused-ring (bicyclic) bond motifs is 1. The fourth-order valence-corrected chi connectivity index (χ4v) is 4.12. The van der Waals surface area contributed by atoms with Crippen molar-refractivity contribution in [1.82, 2.24) is 15.4 Å². The van der Waals surface area contributed by atoms with Crippen LogP contribution in [0.15, 0.2) is 18.2 Å². The number of hydrogen-bond acceptors (Lipinski definition) is 7. The Bertz CT molecular complexity index is 820. The number of nitrogens with zero attached hydrogens (tertiary/aromatic N) is 3. The molecule has 0 amide bonds. The number of anilines is 2. The highest BCUT2D eigenvalue weighted by atomic mass is 16.5. The topological polar surface area (TPSA) is 99.4 Å². The third-order valence-corrected chi connectivity index (χ3v) is 5.44. The van der Waals surface area contributed by atoms with Gasteiger partial charge in [0, 0.05) is 24.4 Å². The van der Waals surface area contributed by atoms with E-state index in [1.807, 2.05) is 12.1 Å². The van der Waals surface area contributed by atoms with Crippen molar-refractivity contribution < 1.29 is 9.84 Å². The van der Waals surface area contributed by atoms with Gasteiger partial charge in [0.1, 0.15) is 5.75 Å². The lowest BCUT2D eigenvalue weighted by molar-refractivity contribution is -0.276. The first-order valence-corrected chi connectivity index (χ1v) is 9.11. The molecule has 4 rings (SSSR count). The fraction of sp³-hybridized carbons (Fsp3) is 0.474. The van der Waals surface area contributed by atoms with E-state index >= 15 is 0 Å². The Morgan fingerprint density at radius 3 is 2.73 bits per heavy atom. The Morgan fingerprint density at radius 1 is 1.23 bits per heavy atom. The van der Waals surface area contributed by atoms with Crippen LogP contribution in [0, 0.1) is 5.92 Å². The Balaban J connectivity index is 1.76. The smallest absolute Gasteiger partial charge is 0.164 e. The molecule has 138 valence electrons. The van der Waals surface area contributed by atoms with E-state index in [1.54, 1.807) is 25.3 Å². The highest BCUT2D eigenvalue weighted by Crippen LogP contribution is 2.44. The molecule has 1 aromatic carbocycles. The average Bonchev–Trinajstić information content (AvgIpc) is 2.99. The lowest BCUT2D eigenvalue weighted by Crippen LogP contribution is -2.34. The monoisotopic (exact) mass is 354 g/mol. The third-order valence-electron chi connectivity index (χ3n) is 5.44. The molecule has 2 aromatic rings. The molecule has 1 fully saturated rings. The molecule has 0 saturated heterocycles. The maximum absolute atomic E-state index is 12.9. The Labute approximate surface area is 153 Å². The van der Waals surface area contributed by atoms with Crippen LogP contribution in [-0.2, 0) is 0 Å². The van der Waals surface area contributed by atoms with Gasteiger partial charge in [-0.25, -0.2) is 15.4 Å². The van der Waals surface area contributed by atoms with Crippen LogP contribution >= 0.6 is 0 Å². The average molecular weight is 354 g/mol. The predicted molar refractivity (Wildman–Crippen MR) is 98.7 cm³/mol. The Morgan fingerprint density at radius 2 is 2.00 bits per heavy atom. The van der Waals surface area contributed by atoms with E-state index in [1.165, 1.54) is 19.3 Å². The molecule has 1 saturated carbocycles. The van der Waals surface area contributed by atoms with Gasteiger partial charge in [-0.2, -0.15) is 0 Å². The molecule has 7 heteroatoms. The molecule has 1 unspecified atom stereocenters. The van der Waals surface area contributed by atoms with Crippen LogP contribution in [0.4, 0.5) is 11.5 Å². The largest absolute Gasteiger partial charge is 0.858 e. The molecule has 2 aliphatic rings. The summed E-state index contributed by atoms with van der Waals surface area (Å²) < 4.78 is 5.39. The van der Waals surface area contributed by atoms with Gasteiger partial charge in [0.15, 0.2) is 11.6 Å². The minimum absolute atomic E-state index is 0.00478. The number of hydrazine groups is 1. The molecule has 1 aliphatic carbocycles. The summed E-state index contributed by atoms with van der Waals surface area (Å²) in [7, 11) is 3.47. The summed E-state index contributed by atoms with van der Waals surface area (Å²) in [4.78, 5) is 8.96. The second-order valence-corrected chi connectivity index (χ2v) is 7.11. The number of nitrogens with one attached hydrogen (secondary N) is 1. The predicted octanol–water partition coefficient (Wildman–Crippen LogP) is 2.38. The highest BCUT2D eigenvalue weighted by molar-refractivity contribution is 5.71. The van der Waals surface area contributed by atoms with E-state index in [0.29, 0.717) is 40.1 Å². The molecular formula is C19H24N5O2-. The normalized spacial score (nSPS) is 20.2. The van der Waals surface area contributed by atoms with Gasteiger partial charge in [0.05, 0.1) is 18.7 Å². The summed E-state index contributed by atoms with van der Waals surface area (Å²) in [5.74, 6) is 1.83. The van der Waals surface area contributed by atoms with Crippen LogP contribution < -0.4 is 26.0 Å². The Kier molecular flexibility index (Phi) is 4.32. The van der Waals surface area contributed by atoms with Gasteiger partial charge in [-0.1, -0.05) is 19.3 Å². The van der Waals surface area contributed by atoms with Crippen LogP contribution in [0.2, 0.25) is 0 Å². The van der Waals surface area contributed by atoms with Crippen LogP contribution in [-0.4, -0.2) is 24.1 Å². The molecule has 3 N–H and O–H groups in total. The molecule has 1 aromatic heterocycles. The van der Waals surface area contributed by atoms with Crippen LogP contribution in [0.25, 0.3) is 11.4 Å². The molecule has 0 spiro atoms. The number of ether oxygens (including phenoxy) is 1. The molecule has 0 bridgehead atoms. The minimum atomic E-state index is -0.212. The van der Waals surface area contributed by atoms with E-state index in [9.17, 15) is 5.11 Å². The van der Waals surface area contributed by atoms with Crippen molar-refractivity contribution in [1.29, 1.82) is 0 Å². The second kappa shape index (κ2) is 6.64. The maximum Gasteiger partial charge on any atom is 0.164 e. The van der Waals surface area contributed by atoms with Crippen LogP contribution in [0.3, 0.4) is 0 Å². The van der Waals surface area contributed by atoms with Crippen LogP contribution in [0.1, 0.15) is 43.7 Å². The summed E-state index contributed by atoms with van der Waals surface area (Å²) >= 11 is 0. The van der Waals surface area contributed by atoms with Gasteiger partial charge in [0.2, 0.25) is 0 Å². The van der Waals surface area contributed by atoms with Gasteiger partial charge in [-0.15, -0.1) is 0 Å². The fourth-order valence-electron chi connectivity index (χ4n) is 4.12. The second-order valence-electron chi connectivity index (χ2n) is 7.11. The van der Waals surface area contributed by atoms with Gasteiger partial charge in [-0.05, 0) is 36.8 Å². The Hall–Kier alpha value is -2.54. The number of hydrogen-bond donors (Lipinski definition) is 2. The lowest BCUT2D eigenvalue weighted by atomic mass is 9.82. The SMILES string of the molecule is COc1cc(N)ccc1-c1nc([O-])c2c(n1)N(C)NC2C1CCCCC1.